The van der Waals surface area contributed by atoms with Crippen LogP contribution in [0.15, 0.2) is 54.7 Å². The Labute approximate surface area is 116 Å². The molecule has 2 aromatic carbocycles. The monoisotopic (exact) mass is 269 g/mol. The second-order valence-corrected chi connectivity index (χ2v) is 4.61. The molecular weight excluding hydrogens is 258 g/mol. The van der Waals surface area contributed by atoms with Gasteiger partial charge in [-0.2, -0.15) is 0 Å². The van der Waals surface area contributed by atoms with E-state index in [2.05, 4.69) is 4.98 Å². The van der Waals surface area contributed by atoms with Gasteiger partial charge in [0.2, 0.25) is 0 Å². The quantitative estimate of drug-likeness (QED) is 0.680. The van der Waals surface area contributed by atoms with Gasteiger partial charge in [0.25, 0.3) is 0 Å². The third-order valence-electron chi connectivity index (χ3n) is 3.10. The summed E-state index contributed by atoms with van der Waals surface area (Å²) < 4.78 is 5.15. The molecule has 3 heteroatoms. The van der Waals surface area contributed by atoms with E-state index in [1.807, 2.05) is 54.7 Å². The van der Waals surface area contributed by atoms with E-state index in [-0.39, 0.29) is 0 Å². The Hall–Kier alpha value is -2.06. The minimum absolute atomic E-state index is 0.684. The van der Waals surface area contributed by atoms with E-state index in [0.717, 1.165) is 27.8 Å². The molecule has 0 N–H and O–H groups in total. The van der Waals surface area contributed by atoms with Crippen molar-refractivity contribution in [2.45, 2.75) is 0 Å². The first kappa shape index (κ1) is 12.0. The van der Waals surface area contributed by atoms with Gasteiger partial charge in [-0.25, -0.2) is 0 Å². The van der Waals surface area contributed by atoms with Gasteiger partial charge in [-0.3, -0.25) is 4.98 Å². The topological polar surface area (TPSA) is 22.1 Å². The van der Waals surface area contributed by atoms with Gasteiger partial charge in [0.05, 0.1) is 17.8 Å². The highest BCUT2D eigenvalue weighted by Crippen LogP contribution is 2.32. The molecule has 0 atom stereocenters. The lowest BCUT2D eigenvalue weighted by Crippen LogP contribution is -1.88. The molecule has 0 unspecified atom stereocenters. The van der Waals surface area contributed by atoms with E-state index < -0.39 is 0 Å². The van der Waals surface area contributed by atoms with Crippen LogP contribution in [0, 0.1) is 0 Å². The summed E-state index contributed by atoms with van der Waals surface area (Å²) >= 11 is 6.46. The average Bonchev–Trinajstić information content (AvgIpc) is 2.48. The zero-order valence-electron chi connectivity index (χ0n) is 10.4. The normalized spacial score (nSPS) is 10.6. The van der Waals surface area contributed by atoms with E-state index in [1.165, 1.54) is 0 Å². The molecule has 0 aliphatic heterocycles. The van der Waals surface area contributed by atoms with Gasteiger partial charge in [-0.1, -0.05) is 35.9 Å². The highest BCUT2D eigenvalue weighted by molar-refractivity contribution is 6.37. The van der Waals surface area contributed by atoms with Crippen LogP contribution in [0.5, 0.6) is 5.75 Å². The second-order valence-electron chi connectivity index (χ2n) is 4.24. The molecule has 0 aliphatic carbocycles. The summed E-state index contributed by atoms with van der Waals surface area (Å²) in [4.78, 5) is 4.46. The Bertz CT molecular complexity index is 722. The van der Waals surface area contributed by atoms with Crippen LogP contribution in [0.25, 0.3) is 22.0 Å². The first-order valence-corrected chi connectivity index (χ1v) is 6.35. The van der Waals surface area contributed by atoms with Crippen molar-refractivity contribution in [3.8, 4) is 17.0 Å². The van der Waals surface area contributed by atoms with Crippen LogP contribution in [0.3, 0.4) is 0 Å². The molecule has 0 aliphatic rings. The number of hydrogen-bond donors (Lipinski definition) is 0. The molecule has 3 aromatic rings. The summed E-state index contributed by atoms with van der Waals surface area (Å²) in [7, 11) is 1.65. The zero-order chi connectivity index (χ0) is 13.2. The molecule has 0 fully saturated rings. The van der Waals surface area contributed by atoms with Gasteiger partial charge >= 0.3 is 0 Å². The number of fused-ring (bicyclic) bond motifs is 1. The summed E-state index contributed by atoms with van der Waals surface area (Å²) in [6, 6.07) is 15.7. The first-order valence-electron chi connectivity index (χ1n) is 5.97. The fourth-order valence-electron chi connectivity index (χ4n) is 2.08. The number of rotatable bonds is 2. The standard InChI is InChI=1S/C16H12ClNO/c1-19-13-8-6-11(7-9-13)16-15(17)14-5-3-2-4-12(14)10-18-16/h2-10H,1H3. The van der Waals surface area contributed by atoms with Crippen molar-refractivity contribution in [3.05, 3.63) is 59.8 Å². The smallest absolute Gasteiger partial charge is 0.118 e. The summed E-state index contributed by atoms with van der Waals surface area (Å²) in [5.74, 6) is 0.820. The SMILES string of the molecule is COc1ccc(-c2ncc3ccccc3c2Cl)cc1. The molecule has 94 valence electrons. The lowest BCUT2D eigenvalue weighted by atomic mass is 10.1. The Kier molecular flexibility index (Phi) is 3.10. The Morgan fingerprint density at radius 3 is 2.47 bits per heavy atom. The van der Waals surface area contributed by atoms with Crippen LogP contribution in [0.1, 0.15) is 0 Å². The molecule has 0 radical (unpaired) electrons. The summed E-state index contributed by atoms with van der Waals surface area (Å²) in [5, 5.41) is 2.75. The molecule has 19 heavy (non-hydrogen) atoms. The highest BCUT2D eigenvalue weighted by Gasteiger charge is 2.09. The fraction of sp³-hybridized carbons (Fsp3) is 0.0625. The number of ether oxygens (including phenoxy) is 1. The Balaban J connectivity index is 2.16. The number of methoxy groups -OCH3 is 1. The van der Waals surface area contributed by atoms with Crippen molar-refractivity contribution in [2.75, 3.05) is 7.11 Å². The number of halogens is 1. The number of nitrogens with zero attached hydrogens (tertiary/aromatic N) is 1. The van der Waals surface area contributed by atoms with Crippen LogP contribution < -0.4 is 4.74 Å². The maximum Gasteiger partial charge on any atom is 0.118 e. The maximum absolute atomic E-state index is 6.46. The zero-order valence-corrected chi connectivity index (χ0v) is 11.2. The highest BCUT2D eigenvalue weighted by atomic mass is 35.5. The lowest BCUT2D eigenvalue weighted by Gasteiger charge is -2.07. The number of pyridine rings is 1. The van der Waals surface area contributed by atoms with Gasteiger partial charge in [-0.05, 0) is 24.3 Å². The molecule has 0 saturated heterocycles. The second kappa shape index (κ2) is 4.90. The van der Waals surface area contributed by atoms with Crippen molar-refractivity contribution in [3.63, 3.8) is 0 Å². The third kappa shape index (κ3) is 2.15. The van der Waals surface area contributed by atoms with Crippen molar-refractivity contribution in [1.82, 2.24) is 4.98 Å². The maximum atomic E-state index is 6.46. The van der Waals surface area contributed by atoms with Gasteiger partial charge in [0.15, 0.2) is 0 Å². The van der Waals surface area contributed by atoms with E-state index in [4.69, 9.17) is 16.3 Å². The number of benzene rings is 2. The van der Waals surface area contributed by atoms with E-state index in [1.54, 1.807) is 7.11 Å². The van der Waals surface area contributed by atoms with Crippen LogP contribution in [-0.4, -0.2) is 12.1 Å². The predicted molar refractivity (Wildman–Crippen MR) is 78.7 cm³/mol. The molecule has 2 nitrogen and oxygen atoms in total. The predicted octanol–water partition coefficient (Wildman–Crippen LogP) is 4.56. The van der Waals surface area contributed by atoms with Crippen molar-refractivity contribution >= 4 is 22.4 Å². The van der Waals surface area contributed by atoms with Gasteiger partial charge in [0.1, 0.15) is 5.75 Å². The van der Waals surface area contributed by atoms with Crippen LogP contribution in [-0.2, 0) is 0 Å². The van der Waals surface area contributed by atoms with Crippen molar-refractivity contribution in [1.29, 1.82) is 0 Å². The molecule has 0 spiro atoms. The Morgan fingerprint density at radius 2 is 1.74 bits per heavy atom. The summed E-state index contributed by atoms with van der Waals surface area (Å²) in [6.45, 7) is 0. The molecule has 1 heterocycles. The Morgan fingerprint density at radius 1 is 1.00 bits per heavy atom. The van der Waals surface area contributed by atoms with Crippen LogP contribution in [0.4, 0.5) is 0 Å². The van der Waals surface area contributed by atoms with Crippen LogP contribution >= 0.6 is 11.6 Å². The molecular formula is C16H12ClNO. The molecule has 1 aromatic heterocycles. The molecule has 0 amide bonds. The van der Waals surface area contributed by atoms with Gasteiger partial charge in [0, 0.05) is 22.5 Å². The minimum Gasteiger partial charge on any atom is -0.497 e. The number of aromatic nitrogens is 1. The van der Waals surface area contributed by atoms with E-state index in [0.29, 0.717) is 5.02 Å². The summed E-state index contributed by atoms with van der Waals surface area (Å²) in [6.07, 6.45) is 1.85. The largest absolute Gasteiger partial charge is 0.497 e. The van der Waals surface area contributed by atoms with E-state index >= 15 is 0 Å². The van der Waals surface area contributed by atoms with Crippen molar-refractivity contribution < 1.29 is 4.74 Å². The van der Waals surface area contributed by atoms with E-state index in [9.17, 15) is 0 Å². The van der Waals surface area contributed by atoms with Crippen LogP contribution in [0.2, 0.25) is 5.02 Å². The molecule has 3 rings (SSSR count). The third-order valence-corrected chi connectivity index (χ3v) is 3.48. The molecule has 0 bridgehead atoms. The average molecular weight is 270 g/mol. The minimum atomic E-state index is 0.684. The first-order chi connectivity index (χ1) is 9.29. The number of hydrogen-bond acceptors (Lipinski definition) is 2. The molecule has 0 saturated carbocycles. The van der Waals surface area contributed by atoms with Crippen molar-refractivity contribution in [2.24, 2.45) is 0 Å². The van der Waals surface area contributed by atoms with Gasteiger partial charge < -0.3 is 4.74 Å². The fourth-order valence-corrected chi connectivity index (χ4v) is 2.41. The summed E-state index contributed by atoms with van der Waals surface area (Å²) in [5.41, 5.74) is 1.78. The lowest BCUT2D eigenvalue weighted by molar-refractivity contribution is 0.415. The van der Waals surface area contributed by atoms with Gasteiger partial charge in [-0.15, -0.1) is 0 Å².